The maximum atomic E-state index is 13.4. The van der Waals surface area contributed by atoms with Crippen LogP contribution in [0, 0.1) is 11.6 Å². The van der Waals surface area contributed by atoms with E-state index in [2.05, 4.69) is 5.32 Å². The number of aliphatic hydroxyl groups is 1. The molecule has 2 aromatic carbocycles. The van der Waals surface area contributed by atoms with Crippen molar-refractivity contribution in [2.24, 2.45) is 0 Å². The van der Waals surface area contributed by atoms with Crippen molar-refractivity contribution in [1.29, 1.82) is 0 Å². The minimum Gasteiger partial charge on any atom is -0.491 e. The van der Waals surface area contributed by atoms with Crippen molar-refractivity contribution in [1.82, 2.24) is 5.32 Å². The molecule has 1 amide bonds. The van der Waals surface area contributed by atoms with Gasteiger partial charge in [0.25, 0.3) is 0 Å². The number of hydrogen-bond donors (Lipinski definition) is 2. The SMILES string of the molecule is CC(NC(=O)CCCOc1ccccc1F)C(O)c1ccc(F)cc1. The van der Waals surface area contributed by atoms with E-state index in [1.165, 1.54) is 36.4 Å². The number of carbonyl (C=O) groups excluding carboxylic acids is 1. The second kappa shape index (κ2) is 9.13. The Hall–Kier alpha value is -2.47. The van der Waals surface area contributed by atoms with E-state index in [0.717, 1.165) is 0 Å². The molecule has 2 atom stereocenters. The molecule has 0 aliphatic carbocycles. The van der Waals surface area contributed by atoms with E-state index in [0.29, 0.717) is 12.0 Å². The quantitative estimate of drug-likeness (QED) is 0.719. The van der Waals surface area contributed by atoms with Crippen LogP contribution >= 0.6 is 0 Å². The molecule has 0 spiro atoms. The average Bonchev–Trinajstić information content (AvgIpc) is 2.60. The Kier molecular flexibility index (Phi) is 6.89. The van der Waals surface area contributed by atoms with Gasteiger partial charge in [0, 0.05) is 6.42 Å². The van der Waals surface area contributed by atoms with E-state index in [9.17, 15) is 18.7 Å². The van der Waals surface area contributed by atoms with Gasteiger partial charge >= 0.3 is 0 Å². The Morgan fingerprint density at radius 2 is 1.84 bits per heavy atom. The summed E-state index contributed by atoms with van der Waals surface area (Å²) in [5.41, 5.74) is 0.525. The highest BCUT2D eigenvalue weighted by atomic mass is 19.1. The summed E-state index contributed by atoms with van der Waals surface area (Å²) in [5, 5.41) is 12.9. The van der Waals surface area contributed by atoms with E-state index in [4.69, 9.17) is 4.74 Å². The third-order valence-corrected chi connectivity index (χ3v) is 3.72. The Balaban J connectivity index is 1.72. The predicted octanol–water partition coefficient (Wildman–Crippen LogP) is 3.36. The van der Waals surface area contributed by atoms with Crippen LogP contribution in [0.3, 0.4) is 0 Å². The Bertz CT molecular complexity index is 691. The number of benzene rings is 2. The molecular formula is C19H21F2NO3. The molecule has 0 bridgehead atoms. The van der Waals surface area contributed by atoms with Crippen LogP contribution in [0.1, 0.15) is 31.4 Å². The second-order valence-electron chi connectivity index (χ2n) is 5.74. The molecular weight excluding hydrogens is 328 g/mol. The van der Waals surface area contributed by atoms with Crippen LogP contribution < -0.4 is 10.1 Å². The van der Waals surface area contributed by atoms with Gasteiger partial charge in [0.1, 0.15) is 5.82 Å². The molecule has 134 valence electrons. The maximum Gasteiger partial charge on any atom is 0.220 e. The molecule has 2 unspecified atom stereocenters. The van der Waals surface area contributed by atoms with Crippen molar-refractivity contribution in [3.63, 3.8) is 0 Å². The second-order valence-corrected chi connectivity index (χ2v) is 5.74. The van der Waals surface area contributed by atoms with Gasteiger partial charge in [-0.1, -0.05) is 24.3 Å². The molecule has 0 saturated carbocycles. The number of aliphatic hydroxyl groups excluding tert-OH is 1. The molecule has 0 heterocycles. The first-order valence-electron chi connectivity index (χ1n) is 8.07. The summed E-state index contributed by atoms with van der Waals surface area (Å²) in [7, 11) is 0. The van der Waals surface area contributed by atoms with Gasteiger partial charge in [-0.25, -0.2) is 8.78 Å². The van der Waals surface area contributed by atoms with Crippen LogP contribution in [0.15, 0.2) is 48.5 Å². The lowest BCUT2D eigenvalue weighted by Gasteiger charge is -2.20. The van der Waals surface area contributed by atoms with Crippen LogP contribution in [-0.2, 0) is 4.79 Å². The minimum absolute atomic E-state index is 0.156. The lowest BCUT2D eigenvalue weighted by Crippen LogP contribution is -2.37. The summed E-state index contributed by atoms with van der Waals surface area (Å²) < 4.78 is 31.5. The highest BCUT2D eigenvalue weighted by molar-refractivity contribution is 5.76. The van der Waals surface area contributed by atoms with Gasteiger partial charge in [0.05, 0.1) is 18.8 Å². The molecule has 2 N–H and O–H groups in total. The summed E-state index contributed by atoms with van der Waals surface area (Å²) in [4.78, 5) is 11.9. The molecule has 0 aromatic heterocycles. The third kappa shape index (κ3) is 5.83. The zero-order chi connectivity index (χ0) is 18.2. The third-order valence-electron chi connectivity index (χ3n) is 3.72. The van der Waals surface area contributed by atoms with Crippen LogP contribution in [-0.4, -0.2) is 23.7 Å². The van der Waals surface area contributed by atoms with E-state index in [1.807, 2.05) is 0 Å². The van der Waals surface area contributed by atoms with Crippen LogP contribution in [0.4, 0.5) is 8.78 Å². The molecule has 2 rings (SSSR count). The minimum atomic E-state index is -0.931. The van der Waals surface area contributed by atoms with Gasteiger partial charge < -0.3 is 15.2 Å². The monoisotopic (exact) mass is 349 g/mol. The molecule has 0 aliphatic rings. The highest BCUT2D eigenvalue weighted by Crippen LogP contribution is 2.18. The first-order chi connectivity index (χ1) is 12.0. The standard InChI is InChI=1S/C19H21F2NO3/c1-13(19(24)14-8-10-15(20)11-9-14)22-18(23)7-4-12-25-17-6-3-2-5-16(17)21/h2-3,5-6,8-11,13,19,24H,4,7,12H2,1H3,(H,22,23). The van der Waals surface area contributed by atoms with Gasteiger partial charge in [0.15, 0.2) is 11.6 Å². The molecule has 0 fully saturated rings. The molecule has 0 saturated heterocycles. The van der Waals surface area contributed by atoms with Crippen LogP contribution in [0.25, 0.3) is 0 Å². The fourth-order valence-corrected chi connectivity index (χ4v) is 2.33. The summed E-state index contributed by atoms with van der Waals surface area (Å²) in [6.45, 7) is 1.88. The number of halogens is 2. The van der Waals surface area contributed by atoms with E-state index in [-0.39, 0.29) is 30.5 Å². The van der Waals surface area contributed by atoms with E-state index in [1.54, 1.807) is 19.1 Å². The number of ether oxygens (including phenoxy) is 1. The summed E-state index contributed by atoms with van der Waals surface area (Å²) in [5.74, 6) is -0.917. The fraction of sp³-hybridized carbons (Fsp3) is 0.316. The van der Waals surface area contributed by atoms with E-state index >= 15 is 0 Å². The molecule has 0 aliphatic heterocycles. The lowest BCUT2D eigenvalue weighted by molar-refractivity contribution is -0.122. The van der Waals surface area contributed by atoms with Crippen molar-refractivity contribution in [3.8, 4) is 5.75 Å². The van der Waals surface area contributed by atoms with Gasteiger partial charge in [-0.2, -0.15) is 0 Å². The molecule has 4 nitrogen and oxygen atoms in total. The average molecular weight is 349 g/mol. The van der Waals surface area contributed by atoms with Crippen molar-refractivity contribution < 1.29 is 23.4 Å². The predicted molar refractivity (Wildman–Crippen MR) is 90.1 cm³/mol. The normalized spacial score (nSPS) is 13.1. The van der Waals surface area contributed by atoms with Crippen LogP contribution in [0.5, 0.6) is 5.75 Å². The number of rotatable bonds is 8. The summed E-state index contributed by atoms with van der Waals surface area (Å²) in [6.07, 6.45) is -0.326. The highest BCUT2D eigenvalue weighted by Gasteiger charge is 2.18. The zero-order valence-electron chi connectivity index (χ0n) is 13.9. The van der Waals surface area contributed by atoms with Crippen molar-refractivity contribution in [2.45, 2.75) is 31.9 Å². The zero-order valence-corrected chi connectivity index (χ0v) is 13.9. The topological polar surface area (TPSA) is 58.6 Å². The lowest BCUT2D eigenvalue weighted by atomic mass is 10.0. The van der Waals surface area contributed by atoms with E-state index < -0.39 is 18.0 Å². The Morgan fingerprint density at radius 3 is 2.52 bits per heavy atom. The largest absolute Gasteiger partial charge is 0.491 e. The van der Waals surface area contributed by atoms with Crippen molar-refractivity contribution >= 4 is 5.91 Å². The number of carbonyl (C=O) groups is 1. The Labute approximate surface area is 145 Å². The summed E-state index contributed by atoms with van der Waals surface area (Å²) >= 11 is 0. The fourth-order valence-electron chi connectivity index (χ4n) is 2.33. The van der Waals surface area contributed by atoms with Crippen LogP contribution in [0.2, 0.25) is 0 Å². The Morgan fingerprint density at radius 1 is 1.16 bits per heavy atom. The number of nitrogens with one attached hydrogen (secondary N) is 1. The first kappa shape index (κ1) is 18.9. The van der Waals surface area contributed by atoms with Gasteiger partial charge in [-0.15, -0.1) is 0 Å². The molecule has 25 heavy (non-hydrogen) atoms. The number of hydrogen-bond acceptors (Lipinski definition) is 3. The van der Waals surface area contributed by atoms with Gasteiger partial charge in [0.2, 0.25) is 5.91 Å². The molecule has 2 aromatic rings. The molecule has 6 heteroatoms. The van der Waals surface area contributed by atoms with Crippen molar-refractivity contribution in [3.05, 3.63) is 65.7 Å². The first-order valence-corrected chi connectivity index (χ1v) is 8.07. The van der Waals surface area contributed by atoms with Crippen molar-refractivity contribution in [2.75, 3.05) is 6.61 Å². The van der Waals surface area contributed by atoms with Gasteiger partial charge in [-0.05, 0) is 43.2 Å². The summed E-state index contributed by atoms with van der Waals surface area (Å²) in [6, 6.07) is 11.0. The number of amides is 1. The van der Waals surface area contributed by atoms with Gasteiger partial charge in [-0.3, -0.25) is 4.79 Å². The maximum absolute atomic E-state index is 13.4. The number of para-hydroxylation sites is 1. The molecule has 0 radical (unpaired) electrons. The smallest absolute Gasteiger partial charge is 0.220 e.